The Balaban J connectivity index is 1.64. The number of para-hydroxylation sites is 1. The number of hydrogen-bond donors (Lipinski definition) is 3. The van der Waals surface area contributed by atoms with Crippen LogP contribution >= 0.6 is 0 Å². The summed E-state index contributed by atoms with van der Waals surface area (Å²) in [5, 5.41) is 7.98. The van der Waals surface area contributed by atoms with Gasteiger partial charge in [-0.3, -0.25) is 14.4 Å². The lowest BCUT2D eigenvalue weighted by Crippen LogP contribution is -2.43. The Bertz CT molecular complexity index is 833. The Morgan fingerprint density at radius 1 is 1.12 bits per heavy atom. The molecule has 1 aliphatic rings. The van der Waals surface area contributed by atoms with E-state index in [2.05, 4.69) is 16.0 Å². The Labute approximate surface area is 150 Å². The minimum absolute atomic E-state index is 0.168. The number of ether oxygens (including phenoxy) is 1. The van der Waals surface area contributed by atoms with Crippen molar-refractivity contribution < 1.29 is 19.1 Å². The fourth-order valence-corrected chi connectivity index (χ4v) is 2.65. The molecule has 7 nitrogen and oxygen atoms in total. The average molecular weight is 353 g/mol. The normalized spacial score (nSPS) is 16.0. The van der Waals surface area contributed by atoms with Crippen molar-refractivity contribution in [3.63, 3.8) is 0 Å². The zero-order valence-corrected chi connectivity index (χ0v) is 14.2. The monoisotopic (exact) mass is 353 g/mol. The van der Waals surface area contributed by atoms with Gasteiger partial charge < -0.3 is 20.7 Å². The van der Waals surface area contributed by atoms with Crippen LogP contribution in [0.3, 0.4) is 0 Å². The van der Waals surface area contributed by atoms with Crippen molar-refractivity contribution in [2.75, 3.05) is 17.2 Å². The van der Waals surface area contributed by atoms with Crippen molar-refractivity contribution in [3.8, 4) is 5.75 Å². The maximum absolute atomic E-state index is 12.3. The van der Waals surface area contributed by atoms with Crippen LogP contribution in [-0.4, -0.2) is 30.4 Å². The Morgan fingerprint density at radius 2 is 1.85 bits per heavy atom. The highest BCUT2D eigenvalue weighted by atomic mass is 16.5. The largest absolute Gasteiger partial charge is 0.494 e. The molecule has 0 saturated carbocycles. The lowest BCUT2D eigenvalue weighted by atomic mass is 10.1. The quantitative estimate of drug-likeness (QED) is 0.767. The highest BCUT2D eigenvalue weighted by molar-refractivity contribution is 6.11. The predicted molar refractivity (Wildman–Crippen MR) is 97.2 cm³/mol. The number of benzene rings is 2. The fourth-order valence-electron chi connectivity index (χ4n) is 2.65. The van der Waals surface area contributed by atoms with Crippen LogP contribution in [0.15, 0.2) is 48.5 Å². The molecule has 0 aliphatic carbocycles. The van der Waals surface area contributed by atoms with E-state index in [-0.39, 0.29) is 12.3 Å². The van der Waals surface area contributed by atoms with Gasteiger partial charge in [-0.15, -0.1) is 0 Å². The third-order valence-corrected chi connectivity index (χ3v) is 3.89. The zero-order valence-electron chi connectivity index (χ0n) is 14.2. The van der Waals surface area contributed by atoms with Crippen molar-refractivity contribution in [3.05, 3.63) is 54.1 Å². The number of rotatable bonds is 5. The van der Waals surface area contributed by atoms with E-state index in [1.807, 2.05) is 6.92 Å². The first-order valence-electron chi connectivity index (χ1n) is 8.30. The second-order valence-electron chi connectivity index (χ2n) is 5.77. The SMILES string of the molecule is CCOc1ccc(NC(=O)C[C@@H]2NC(=O)c3ccccc3NC2=O)cc1. The van der Waals surface area contributed by atoms with Gasteiger partial charge in [-0.2, -0.15) is 0 Å². The van der Waals surface area contributed by atoms with Crippen LogP contribution < -0.4 is 20.7 Å². The second-order valence-corrected chi connectivity index (χ2v) is 5.77. The minimum atomic E-state index is -0.947. The number of nitrogens with one attached hydrogen (secondary N) is 3. The minimum Gasteiger partial charge on any atom is -0.494 e. The van der Waals surface area contributed by atoms with E-state index in [9.17, 15) is 14.4 Å². The molecule has 0 radical (unpaired) electrons. The molecule has 0 fully saturated rings. The molecule has 0 saturated heterocycles. The zero-order chi connectivity index (χ0) is 18.5. The molecule has 3 N–H and O–H groups in total. The average Bonchev–Trinajstić information content (AvgIpc) is 2.74. The summed E-state index contributed by atoms with van der Waals surface area (Å²) < 4.78 is 5.34. The summed E-state index contributed by atoms with van der Waals surface area (Å²) >= 11 is 0. The van der Waals surface area contributed by atoms with E-state index in [0.29, 0.717) is 29.3 Å². The molecule has 0 bridgehead atoms. The second kappa shape index (κ2) is 7.69. The van der Waals surface area contributed by atoms with Gasteiger partial charge in [0.05, 0.1) is 24.3 Å². The van der Waals surface area contributed by atoms with Crippen molar-refractivity contribution >= 4 is 29.1 Å². The van der Waals surface area contributed by atoms with Crippen molar-refractivity contribution in [1.82, 2.24) is 5.32 Å². The van der Waals surface area contributed by atoms with Crippen LogP contribution in [0.5, 0.6) is 5.75 Å². The molecule has 2 aromatic rings. The van der Waals surface area contributed by atoms with Crippen molar-refractivity contribution in [2.45, 2.75) is 19.4 Å². The van der Waals surface area contributed by atoms with Crippen LogP contribution in [0.2, 0.25) is 0 Å². The molecule has 3 amide bonds. The van der Waals surface area contributed by atoms with Gasteiger partial charge in [-0.05, 0) is 43.3 Å². The van der Waals surface area contributed by atoms with Crippen LogP contribution in [-0.2, 0) is 9.59 Å². The van der Waals surface area contributed by atoms with Crippen molar-refractivity contribution in [1.29, 1.82) is 0 Å². The number of hydrogen-bond acceptors (Lipinski definition) is 4. The molecular weight excluding hydrogens is 334 g/mol. The van der Waals surface area contributed by atoms with Gasteiger partial charge in [0.25, 0.3) is 5.91 Å². The van der Waals surface area contributed by atoms with E-state index in [4.69, 9.17) is 4.74 Å². The number of amides is 3. The molecule has 0 aromatic heterocycles. The van der Waals surface area contributed by atoms with Gasteiger partial charge in [-0.1, -0.05) is 12.1 Å². The molecule has 26 heavy (non-hydrogen) atoms. The molecule has 1 atom stereocenters. The number of fused-ring (bicyclic) bond motifs is 1. The van der Waals surface area contributed by atoms with Gasteiger partial charge in [-0.25, -0.2) is 0 Å². The summed E-state index contributed by atoms with van der Waals surface area (Å²) in [6.45, 7) is 2.45. The molecule has 1 aliphatic heterocycles. The molecule has 3 rings (SSSR count). The predicted octanol–water partition coefficient (Wildman–Crippen LogP) is 2.16. The molecule has 2 aromatic carbocycles. The topological polar surface area (TPSA) is 96.5 Å². The van der Waals surface area contributed by atoms with E-state index in [1.54, 1.807) is 48.5 Å². The standard InChI is InChI=1S/C19H19N3O4/c1-2-26-13-9-7-12(8-10-13)20-17(23)11-16-19(25)21-15-6-4-3-5-14(15)18(24)22-16/h3-10,16H,2,11H2,1H3,(H,20,23)(H,21,25)(H,22,24)/t16-/m0/s1. The highest BCUT2D eigenvalue weighted by Crippen LogP contribution is 2.19. The van der Waals surface area contributed by atoms with E-state index in [0.717, 1.165) is 0 Å². The van der Waals surface area contributed by atoms with Crippen LogP contribution in [0.1, 0.15) is 23.7 Å². The Morgan fingerprint density at radius 3 is 2.58 bits per heavy atom. The first-order valence-corrected chi connectivity index (χ1v) is 8.30. The highest BCUT2D eigenvalue weighted by Gasteiger charge is 2.29. The Kier molecular flexibility index (Phi) is 5.17. The number of carbonyl (C=O) groups is 3. The van der Waals surface area contributed by atoms with Gasteiger partial charge in [0.2, 0.25) is 11.8 Å². The van der Waals surface area contributed by atoms with Crippen LogP contribution in [0.25, 0.3) is 0 Å². The summed E-state index contributed by atoms with van der Waals surface area (Å²) in [5.74, 6) is -0.484. The molecule has 0 unspecified atom stereocenters. The summed E-state index contributed by atoms with van der Waals surface area (Å²) in [4.78, 5) is 36.8. The third-order valence-electron chi connectivity index (χ3n) is 3.89. The van der Waals surface area contributed by atoms with Crippen molar-refractivity contribution in [2.24, 2.45) is 0 Å². The molecule has 7 heteroatoms. The lowest BCUT2D eigenvalue weighted by Gasteiger charge is -2.14. The fraction of sp³-hybridized carbons (Fsp3) is 0.211. The summed E-state index contributed by atoms with van der Waals surface area (Å²) in [6, 6.07) is 12.7. The number of carbonyl (C=O) groups excluding carboxylic acids is 3. The maximum Gasteiger partial charge on any atom is 0.254 e. The summed E-state index contributed by atoms with van der Waals surface area (Å²) in [7, 11) is 0. The summed E-state index contributed by atoms with van der Waals surface area (Å²) in [6.07, 6.45) is -0.168. The van der Waals surface area contributed by atoms with Gasteiger partial charge in [0.15, 0.2) is 0 Å². The van der Waals surface area contributed by atoms with Crippen LogP contribution in [0, 0.1) is 0 Å². The van der Waals surface area contributed by atoms with E-state index >= 15 is 0 Å². The first kappa shape index (κ1) is 17.5. The van der Waals surface area contributed by atoms with Gasteiger partial charge >= 0.3 is 0 Å². The van der Waals surface area contributed by atoms with Crippen LogP contribution in [0.4, 0.5) is 11.4 Å². The molecule has 1 heterocycles. The summed E-state index contributed by atoms with van der Waals surface area (Å²) in [5.41, 5.74) is 1.39. The molecular formula is C19H19N3O4. The third kappa shape index (κ3) is 4.00. The molecule has 134 valence electrons. The smallest absolute Gasteiger partial charge is 0.254 e. The van der Waals surface area contributed by atoms with E-state index in [1.165, 1.54) is 0 Å². The van der Waals surface area contributed by atoms with Gasteiger partial charge in [0.1, 0.15) is 11.8 Å². The first-order chi connectivity index (χ1) is 12.6. The van der Waals surface area contributed by atoms with Gasteiger partial charge in [0, 0.05) is 5.69 Å². The maximum atomic E-state index is 12.3. The number of anilines is 2. The Hall–Kier alpha value is -3.35. The lowest BCUT2D eigenvalue weighted by molar-refractivity contribution is -0.122. The van der Waals surface area contributed by atoms with E-state index < -0.39 is 17.9 Å². The molecule has 0 spiro atoms.